The second-order valence-electron chi connectivity index (χ2n) is 12.1. The summed E-state index contributed by atoms with van der Waals surface area (Å²) in [6.07, 6.45) is 0. The van der Waals surface area contributed by atoms with Gasteiger partial charge < -0.3 is 4.74 Å². The van der Waals surface area contributed by atoms with Crippen LogP contribution in [0.3, 0.4) is 0 Å². The molecule has 8 aromatic rings. The summed E-state index contributed by atoms with van der Waals surface area (Å²) in [4.78, 5) is 0. The molecule has 0 bridgehead atoms. The highest BCUT2D eigenvalue weighted by Gasteiger charge is 2.45. The average Bonchev–Trinajstić information content (AvgIpc) is 3.14. The molecule has 0 aliphatic carbocycles. The largest absolute Gasteiger partial charge is 0.457 e. The molecule has 0 saturated carbocycles. The van der Waals surface area contributed by atoms with Gasteiger partial charge in [0.1, 0.15) is 11.5 Å². The average molecular weight is 587 g/mol. The molecule has 1 nitrogen and oxygen atoms in total. The van der Waals surface area contributed by atoms with Gasteiger partial charge in [-0.25, -0.2) is 0 Å². The van der Waals surface area contributed by atoms with Crippen molar-refractivity contribution in [1.29, 1.82) is 0 Å². The number of para-hydroxylation sites is 1. The molecule has 0 radical (unpaired) electrons. The first-order valence-corrected chi connectivity index (χ1v) is 15.8. The number of hydrogen-bond acceptors (Lipinski definition) is 1. The molecule has 46 heavy (non-hydrogen) atoms. The molecule has 0 spiro atoms. The van der Waals surface area contributed by atoms with Crippen molar-refractivity contribution < 1.29 is 4.74 Å². The molecule has 1 heterocycles. The van der Waals surface area contributed by atoms with E-state index < -0.39 is 5.41 Å². The first-order chi connectivity index (χ1) is 22.8. The summed E-state index contributed by atoms with van der Waals surface area (Å²) in [5, 5.41) is 5.11. The summed E-state index contributed by atoms with van der Waals surface area (Å²) in [6.45, 7) is 0. The summed E-state index contributed by atoms with van der Waals surface area (Å²) < 4.78 is 6.71. The van der Waals surface area contributed by atoms with E-state index in [1.165, 1.54) is 43.8 Å². The number of hydrogen-bond donors (Lipinski definition) is 0. The minimum atomic E-state index is -0.506. The quantitative estimate of drug-likeness (QED) is 0.186. The Labute approximate surface area is 269 Å². The lowest BCUT2D eigenvalue weighted by molar-refractivity contribution is 0.435. The summed E-state index contributed by atoms with van der Waals surface area (Å²) in [5.74, 6) is 1.77. The number of benzene rings is 8. The minimum Gasteiger partial charge on any atom is -0.457 e. The molecule has 9 rings (SSSR count). The zero-order chi connectivity index (χ0) is 30.5. The number of rotatable bonds is 4. The Morgan fingerprint density at radius 2 is 0.957 bits per heavy atom. The fourth-order valence-electron chi connectivity index (χ4n) is 7.52. The van der Waals surface area contributed by atoms with Crippen molar-refractivity contribution in [2.24, 2.45) is 0 Å². The Balaban J connectivity index is 1.17. The van der Waals surface area contributed by atoms with Gasteiger partial charge in [0.15, 0.2) is 0 Å². The van der Waals surface area contributed by atoms with Crippen LogP contribution in [0.25, 0.3) is 43.8 Å². The fourth-order valence-corrected chi connectivity index (χ4v) is 7.52. The van der Waals surface area contributed by atoms with Gasteiger partial charge in [0.05, 0.1) is 5.41 Å². The van der Waals surface area contributed by atoms with Crippen molar-refractivity contribution in [3.63, 3.8) is 0 Å². The zero-order valence-corrected chi connectivity index (χ0v) is 25.2. The highest BCUT2D eigenvalue weighted by Crippen LogP contribution is 2.55. The Bertz CT molecular complexity index is 2330. The van der Waals surface area contributed by atoms with Gasteiger partial charge in [-0.15, -0.1) is 0 Å². The molecule has 0 fully saturated rings. The molecule has 0 amide bonds. The smallest absolute Gasteiger partial charge is 0.132 e. The second kappa shape index (κ2) is 10.6. The van der Waals surface area contributed by atoms with E-state index in [4.69, 9.17) is 4.74 Å². The van der Waals surface area contributed by atoms with E-state index in [1.54, 1.807) is 0 Å². The molecular weight excluding hydrogens is 556 g/mol. The highest BCUT2D eigenvalue weighted by atomic mass is 16.5. The van der Waals surface area contributed by atoms with Crippen LogP contribution in [0.15, 0.2) is 182 Å². The summed E-state index contributed by atoms with van der Waals surface area (Å²) in [6, 6.07) is 65.5. The Kier molecular flexibility index (Phi) is 6.11. The second-order valence-corrected chi connectivity index (χ2v) is 12.1. The fraction of sp³-hybridized carbons (Fsp3) is 0.0222. The molecule has 1 aliphatic heterocycles. The predicted molar refractivity (Wildman–Crippen MR) is 191 cm³/mol. The van der Waals surface area contributed by atoms with E-state index in [9.17, 15) is 0 Å². The maximum atomic E-state index is 6.71. The molecule has 8 aromatic carbocycles. The first kappa shape index (κ1) is 26.5. The Hall–Kier alpha value is -5.92. The van der Waals surface area contributed by atoms with E-state index in [0.717, 1.165) is 33.8 Å². The summed E-state index contributed by atoms with van der Waals surface area (Å²) in [7, 11) is 0. The van der Waals surface area contributed by atoms with Crippen LogP contribution < -0.4 is 4.74 Å². The zero-order valence-electron chi connectivity index (χ0n) is 25.2. The van der Waals surface area contributed by atoms with E-state index in [2.05, 4.69) is 182 Å². The van der Waals surface area contributed by atoms with Crippen LogP contribution in [-0.2, 0) is 5.41 Å². The predicted octanol–water partition coefficient (Wildman–Crippen LogP) is 11.8. The van der Waals surface area contributed by atoms with Crippen LogP contribution in [0.1, 0.15) is 22.3 Å². The summed E-state index contributed by atoms with van der Waals surface area (Å²) >= 11 is 0. The minimum absolute atomic E-state index is 0.506. The monoisotopic (exact) mass is 586 g/mol. The van der Waals surface area contributed by atoms with Gasteiger partial charge in [0.2, 0.25) is 0 Å². The van der Waals surface area contributed by atoms with Gasteiger partial charge in [-0.2, -0.15) is 0 Å². The number of ether oxygens (including phenoxy) is 1. The van der Waals surface area contributed by atoms with Crippen molar-refractivity contribution >= 4 is 21.5 Å². The lowest BCUT2D eigenvalue weighted by Gasteiger charge is -2.41. The van der Waals surface area contributed by atoms with Crippen molar-refractivity contribution in [1.82, 2.24) is 0 Å². The van der Waals surface area contributed by atoms with E-state index >= 15 is 0 Å². The molecular formula is C45H30O. The standard InChI is InChI=1S/C45H30O/c1-3-13-35(14-4-1)45(36-15-5-2-6-16-36)41-20-9-10-21-43(41)46-44-30-34(27-29-42(44)45)31-22-24-33(25-23-31)38-18-11-19-39-37-17-8-7-12-32(37)26-28-40(38)39/h1-30H. The van der Waals surface area contributed by atoms with Crippen LogP contribution >= 0.6 is 0 Å². The van der Waals surface area contributed by atoms with Gasteiger partial charge in [0, 0.05) is 11.1 Å². The molecule has 0 atom stereocenters. The SMILES string of the molecule is c1ccc(C2(c3ccccc3)c3ccccc3Oc3cc(-c4ccc(-c5cccc6c5ccc5ccccc56)cc4)ccc32)cc1. The van der Waals surface area contributed by atoms with E-state index in [1.807, 2.05) is 0 Å². The van der Waals surface area contributed by atoms with Gasteiger partial charge >= 0.3 is 0 Å². The lowest BCUT2D eigenvalue weighted by atomic mass is 9.63. The molecule has 216 valence electrons. The maximum absolute atomic E-state index is 6.71. The van der Waals surface area contributed by atoms with Gasteiger partial charge in [-0.05, 0) is 67.1 Å². The molecule has 0 aromatic heterocycles. The first-order valence-electron chi connectivity index (χ1n) is 15.8. The molecule has 0 saturated heterocycles. The third-order valence-corrected chi connectivity index (χ3v) is 9.63. The van der Waals surface area contributed by atoms with Crippen molar-refractivity contribution in [3.8, 4) is 33.8 Å². The van der Waals surface area contributed by atoms with E-state index in [0.29, 0.717) is 0 Å². The van der Waals surface area contributed by atoms with Crippen LogP contribution in [0.2, 0.25) is 0 Å². The normalized spacial score (nSPS) is 13.1. The lowest BCUT2D eigenvalue weighted by Crippen LogP contribution is -2.34. The molecule has 1 heteroatoms. The number of fused-ring (bicyclic) bond motifs is 5. The van der Waals surface area contributed by atoms with E-state index in [-0.39, 0.29) is 0 Å². The van der Waals surface area contributed by atoms with Crippen LogP contribution in [0, 0.1) is 0 Å². The maximum Gasteiger partial charge on any atom is 0.132 e. The summed E-state index contributed by atoms with van der Waals surface area (Å²) in [5.41, 5.74) is 8.97. The third kappa shape index (κ3) is 4.02. The Morgan fingerprint density at radius 3 is 1.74 bits per heavy atom. The van der Waals surface area contributed by atoms with Gasteiger partial charge in [-0.1, -0.05) is 170 Å². The van der Waals surface area contributed by atoms with Crippen molar-refractivity contribution in [2.75, 3.05) is 0 Å². The van der Waals surface area contributed by atoms with Crippen LogP contribution in [0.4, 0.5) is 0 Å². The highest BCUT2D eigenvalue weighted by molar-refractivity contribution is 6.12. The van der Waals surface area contributed by atoms with Crippen LogP contribution in [0.5, 0.6) is 11.5 Å². The van der Waals surface area contributed by atoms with Crippen LogP contribution in [-0.4, -0.2) is 0 Å². The van der Waals surface area contributed by atoms with Crippen molar-refractivity contribution in [2.45, 2.75) is 5.41 Å². The Morgan fingerprint density at radius 1 is 0.348 bits per heavy atom. The van der Waals surface area contributed by atoms with Crippen molar-refractivity contribution in [3.05, 3.63) is 204 Å². The van der Waals surface area contributed by atoms with Gasteiger partial charge in [0.25, 0.3) is 0 Å². The molecule has 0 unspecified atom stereocenters. The van der Waals surface area contributed by atoms with Gasteiger partial charge in [-0.3, -0.25) is 0 Å². The topological polar surface area (TPSA) is 9.23 Å². The molecule has 0 N–H and O–H groups in total. The third-order valence-electron chi connectivity index (χ3n) is 9.63. The molecule has 1 aliphatic rings.